The highest BCUT2D eigenvalue weighted by Crippen LogP contribution is 2.30. The first kappa shape index (κ1) is 15.1. The summed E-state index contributed by atoms with van der Waals surface area (Å²) in [5.41, 5.74) is -0.110. The van der Waals surface area contributed by atoms with E-state index in [1.54, 1.807) is 0 Å². The molecule has 0 bridgehead atoms. The number of aryl methyl sites for hydroxylation is 1. The molecule has 1 aromatic carbocycles. The summed E-state index contributed by atoms with van der Waals surface area (Å²) in [6, 6.07) is 1.95. The van der Waals surface area contributed by atoms with Gasteiger partial charge in [0, 0.05) is 0 Å². The Labute approximate surface area is 126 Å². The summed E-state index contributed by atoms with van der Waals surface area (Å²) in [6.07, 6.45) is 0. The van der Waals surface area contributed by atoms with Crippen molar-refractivity contribution in [3.63, 3.8) is 0 Å². The number of carboxylic acid groups (broad SMARTS) is 1. The van der Waals surface area contributed by atoms with E-state index in [9.17, 15) is 19.3 Å². The number of halogens is 2. The topological polar surface area (TPSA) is 98.3 Å². The fraction of sp³-hybridized carbons (Fsp3) is 0.167. The van der Waals surface area contributed by atoms with Crippen molar-refractivity contribution >= 4 is 27.6 Å². The van der Waals surface area contributed by atoms with Gasteiger partial charge in [-0.15, -0.1) is 0 Å². The van der Waals surface area contributed by atoms with Crippen LogP contribution in [0.3, 0.4) is 0 Å². The molecule has 0 spiro atoms. The molecule has 2 rings (SSSR count). The van der Waals surface area contributed by atoms with Crippen LogP contribution in [0.15, 0.2) is 16.6 Å². The Bertz CT molecular complexity index is 772. The lowest BCUT2D eigenvalue weighted by molar-refractivity contribution is -0.384. The fourth-order valence-corrected chi connectivity index (χ4v) is 2.36. The van der Waals surface area contributed by atoms with E-state index in [1.807, 2.05) is 0 Å². The minimum Gasteiger partial charge on any atom is -0.478 e. The number of nitrogens with zero attached hydrogens (tertiary/aromatic N) is 3. The molecule has 0 atom stereocenters. The zero-order chi connectivity index (χ0) is 15.9. The van der Waals surface area contributed by atoms with Crippen molar-refractivity contribution < 1.29 is 19.2 Å². The van der Waals surface area contributed by atoms with E-state index >= 15 is 0 Å². The largest absolute Gasteiger partial charge is 0.478 e. The molecule has 9 heteroatoms. The van der Waals surface area contributed by atoms with Crippen LogP contribution in [-0.2, 0) is 0 Å². The predicted octanol–water partition coefficient (Wildman–Crippen LogP) is 3.00. The number of hydrogen-bond acceptors (Lipinski definition) is 4. The summed E-state index contributed by atoms with van der Waals surface area (Å²) < 4.78 is 14.6. The monoisotopic (exact) mass is 357 g/mol. The van der Waals surface area contributed by atoms with Gasteiger partial charge in [-0.3, -0.25) is 10.1 Å². The van der Waals surface area contributed by atoms with E-state index < -0.39 is 22.4 Å². The summed E-state index contributed by atoms with van der Waals surface area (Å²) >= 11 is 2.95. The smallest absolute Gasteiger partial charge is 0.339 e. The molecule has 110 valence electrons. The van der Waals surface area contributed by atoms with Gasteiger partial charge in [-0.25, -0.2) is 13.9 Å². The highest BCUT2D eigenvalue weighted by atomic mass is 79.9. The lowest BCUT2D eigenvalue weighted by Gasteiger charge is -2.07. The molecule has 0 radical (unpaired) electrons. The molecule has 1 aromatic heterocycles. The Balaban J connectivity index is 2.79. The molecule has 1 N–H and O–H groups in total. The normalized spacial score (nSPS) is 10.7. The summed E-state index contributed by atoms with van der Waals surface area (Å²) in [5.74, 6) is -1.97. The third-order valence-electron chi connectivity index (χ3n) is 2.95. The van der Waals surface area contributed by atoms with Crippen LogP contribution < -0.4 is 0 Å². The lowest BCUT2D eigenvalue weighted by Crippen LogP contribution is -2.06. The molecule has 0 fully saturated rings. The van der Waals surface area contributed by atoms with Gasteiger partial charge in [-0.05, 0) is 35.8 Å². The number of rotatable bonds is 3. The molecule has 0 aliphatic heterocycles. The third-order valence-corrected chi connectivity index (χ3v) is 3.56. The first-order valence-corrected chi connectivity index (χ1v) is 6.46. The molecule has 7 nitrogen and oxygen atoms in total. The van der Waals surface area contributed by atoms with Gasteiger partial charge in [0.2, 0.25) is 0 Å². The Kier molecular flexibility index (Phi) is 3.77. The molecule has 0 aliphatic carbocycles. The second-order valence-electron chi connectivity index (χ2n) is 4.27. The zero-order valence-corrected chi connectivity index (χ0v) is 12.5. The maximum absolute atomic E-state index is 13.5. The highest BCUT2D eigenvalue weighted by Gasteiger charge is 2.25. The van der Waals surface area contributed by atoms with Crippen molar-refractivity contribution in [3.05, 3.63) is 49.5 Å². The van der Waals surface area contributed by atoms with Crippen molar-refractivity contribution in [2.45, 2.75) is 13.8 Å². The molecule has 0 amide bonds. The minimum atomic E-state index is -1.18. The van der Waals surface area contributed by atoms with Crippen LogP contribution >= 0.6 is 15.9 Å². The molecule has 1 heterocycles. The highest BCUT2D eigenvalue weighted by molar-refractivity contribution is 9.10. The van der Waals surface area contributed by atoms with E-state index in [2.05, 4.69) is 21.0 Å². The summed E-state index contributed by atoms with van der Waals surface area (Å²) in [4.78, 5) is 21.5. The number of benzene rings is 1. The average Bonchev–Trinajstić information content (AvgIpc) is 2.67. The van der Waals surface area contributed by atoms with Gasteiger partial charge in [0.15, 0.2) is 0 Å². The number of nitro groups is 1. The number of hydrogen-bond donors (Lipinski definition) is 1. The van der Waals surface area contributed by atoms with Crippen LogP contribution in [0.2, 0.25) is 0 Å². The Hall–Kier alpha value is -2.29. The summed E-state index contributed by atoms with van der Waals surface area (Å²) in [6.45, 7) is 2.96. The van der Waals surface area contributed by atoms with Crippen LogP contribution in [0.25, 0.3) is 5.69 Å². The van der Waals surface area contributed by atoms with Crippen molar-refractivity contribution in [1.82, 2.24) is 9.78 Å². The van der Waals surface area contributed by atoms with E-state index in [4.69, 9.17) is 5.11 Å². The molecule has 0 unspecified atom stereocenters. The quantitative estimate of drug-likeness (QED) is 0.672. The van der Waals surface area contributed by atoms with E-state index in [-0.39, 0.29) is 27.1 Å². The number of carboxylic acids is 1. The summed E-state index contributed by atoms with van der Waals surface area (Å²) in [5, 5.41) is 24.2. The van der Waals surface area contributed by atoms with Crippen LogP contribution in [0.1, 0.15) is 21.7 Å². The lowest BCUT2D eigenvalue weighted by atomic mass is 10.2. The summed E-state index contributed by atoms with van der Waals surface area (Å²) in [7, 11) is 0. The van der Waals surface area contributed by atoms with E-state index in [1.165, 1.54) is 19.9 Å². The maximum Gasteiger partial charge on any atom is 0.339 e. The van der Waals surface area contributed by atoms with Gasteiger partial charge >= 0.3 is 5.97 Å². The predicted molar refractivity (Wildman–Crippen MR) is 74.3 cm³/mol. The van der Waals surface area contributed by atoms with Crippen molar-refractivity contribution in [3.8, 4) is 5.69 Å². The van der Waals surface area contributed by atoms with Gasteiger partial charge in [0.05, 0.1) is 26.9 Å². The second kappa shape index (κ2) is 5.24. The number of aromatic nitrogens is 2. The molecule has 0 saturated carbocycles. The molecule has 21 heavy (non-hydrogen) atoms. The molecular formula is C12H9BrFN3O4. The van der Waals surface area contributed by atoms with Crippen molar-refractivity contribution in [2.75, 3.05) is 0 Å². The van der Waals surface area contributed by atoms with Crippen molar-refractivity contribution in [1.29, 1.82) is 0 Å². The van der Waals surface area contributed by atoms with Crippen molar-refractivity contribution in [2.24, 2.45) is 0 Å². The third kappa shape index (κ3) is 2.51. The van der Waals surface area contributed by atoms with Gasteiger partial charge < -0.3 is 5.11 Å². The number of aromatic carboxylic acids is 1. The minimum absolute atomic E-state index is 0.0126. The van der Waals surface area contributed by atoms with Gasteiger partial charge in [-0.1, -0.05) is 0 Å². The fourth-order valence-electron chi connectivity index (χ4n) is 2.03. The van der Waals surface area contributed by atoms with Crippen LogP contribution in [-0.4, -0.2) is 25.8 Å². The number of carbonyl (C=O) groups is 1. The second-order valence-corrected chi connectivity index (χ2v) is 5.13. The molecule has 2 aromatic rings. The van der Waals surface area contributed by atoms with Gasteiger partial charge in [0.1, 0.15) is 17.1 Å². The Morgan fingerprint density at radius 1 is 1.48 bits per heavy atom. The van der Waals surface area contributed by atoms with E-state index in [0.717, 1.165) is 10.7 Å². The SMILES string of the molecule is Cc1nn(-c2cc(Br)c(F)cc2[N+](=O)[O-])c(C)c1C(=O)O. The molecule has 0 aliphatic rings. The first-order valence-electron chi connectivity index (χ1n) is 5.67. The number of nitro benzene ring substituents is 1. The van der Waals surface area contributed by atoms with Crippen LogP contribution in [0.4, 0.5) is 10.1 Å². The zero-order valence-electron chi connectivity index (χ0n) is 10.9. The Morgan fingerprint density at radius 2 is 2.10 bits per heavy atom. The van der Waals surface area contributed by atoms with E-state index in [0.29, 0.717) is 0 Å². The maximum atomic E-state index is 13.5. The molecule has 0 saturated heterocycles. The average molecular weight is 358 g/mol. The standard InChI is InChI=1S/C12H9BrFN3O4/c1-5-11(12(18)19)6(2)16(15-5)9-3-7(13)8(14)4-10(9)17(20)21/h3-4H,1-2H3,(H,18,19). The Morgan fingerprint density at radius 3 is 2.57 bits per heavy atom. The van der Waals surface area contributed by atoms with Crippen LogP contribution in [0.5, 0.6) is 0 Å². The van der Waals surface area contributed by atoms with Crippen LogP contribution in [0, 0.1) is 29.8 Å². The van der Waals surface area contributed by atoms with Gasteiger partial charge in [-0.2, -0.15) is 5.10 Å². The molecular weight excluding hydrogens is 349 g/mol. The van der Waals surface area contributed by atoms with Gasteiger partial charge in [0.25, 0.3) is 5.69 Å². The first-order chi connectivity index (χ1) is 9.73.